The van der Waals surface area contributed by atoms with Gasteiger partial charge in [-0.15, -0.1) is 0 Å². The molecule has 0 aromatic heterocycles. The van der Waals surface area contributed by atoms with Gasteiger partial charge in [0.2, 0.25) is 5.91 Å². The molecule has 0 aliphatic carbocycles. The molecule has 0 spiro atoms. The largest absolute Gasteiger partial charge is 0.356 e. The fourth-order valence-electron chi connectivity index (χ4n) is 1.55. The third-order valence-corrected chi connectivity index (χ3v) is 2.61. The number of amides is 1. The Balaban J connectivity index is 2.55. The van der Waals surface area contributed by atoms with Crippen molar-refractivity contribution in [2.24, 2.45) is 0 Å². The summed E-state index contributed by atoms with van der Waals surface area (Å²) in [5.74, 6) is 0.0336. The van der Waals surface area contributed by atoms with Gasteiger partial charge in [-0.1, -0.05) is 45.0 Å². The van der Waals surface area contributed by atoms with E-state index in [1.165, 1.54) is 11.1 Å². The predicted octanol–water partition coefficient (Wildman–Crippen LogP) is 2.66. The zero-order chi connectivity index (χ0) is 12.2. The number of rotatable bonds is 3. The molecule has 1 aromatic rings. The molecule has 0 saturated carbocycles. The molecule has 0 aliphatic heterocycles. The van der Waals surface area contributed by atoms with E-state index in [1.807, 2.05) is 0 Å². The van der Waals surface area contributed by atoms with Crippen molar-refractivity contribution in [2.75, 3.05) is 6.54 Å². The maximum absolute atomic E-state index is 10.7. The first-order valence-electron chi connectivity index (χ1n) is 5.73. The molecule has 0 radical (unpaired) electrons. The van der Waals surface area contributed by atoms with Crippen molar-refractivity contribution in [3.63, 3.8) is 0 Å². The smallest absolute Gasteiger partial charge is 0.216 e. The van der Waals surface area contributed by atoms with E-state index >= 15 is 0 Å². The first-order valence-corrected chi connectivity index (χ1v) is 5.73. The minimum atomic E-state index is 0.0336. The van der Waals surface area contributed by atoms with Crippen molar-refractivity contribution >= 4 is 5.91 Å². The maximum Gasteiger partial charge on any atom is 0.216 e. The second kappa shape index (κ2) is 5.15. The second-order valence-corrected chi connectivity index (χ2v) is 5.18. The fourth-order valence-corrected chi connectivity index (χ4v) is 1.55. The highest BCUT2D eigenvalue weighted by Gasteiger charge is 2.12. The first kappa shape index (κ1) is 12.8. The fraction of sp³-hybridized carbons (Fsp3) is 0.500. The molecule has 0 fully saturated rings. The van der Waals surface area contributed by atoms with Crippen molar-refractivity contribution < 1.29 is 4.79 Å². The Morgan fingerprint density at radius 3 is 2.19 bits per heavy atom. The van der Waals surface area contributed by atoms with E-state index < -0.39 is 0 Å². The van der Waals surface area contributed by atoms with Crippen LogP contribution in [0.4, 0.5) is 0 Å². The van der Waals surface area contributed by atoms with Crippen LogP contribution >= 0.6 is 0 Å². The minimum absolute atomic E-state index is 0.0336. The summed E-state index contributed by atoms with van der Waals surface area (Å²) in [7, 11) is 0. The Bertz CT molecular complexity index is 346. The van der Waals surface area contributed by atoms with Crippen molar-refractivity contribution in [3.8, 4) is 0 Å². The van der Waals surface area contributed by atoms with Gasteiger partial charge in [0.1, 0.15) is 0 Å². The van der Waals surface area contributed by atoms with E-state index in [-0.39, 0.29) is 11.3 Å². The molecule has 1 aromatic carbocycles. The molecule has 1 rings (SSSR count). The van der Waals surface area contributed by atoms with Crippen LogP contribution in [0.15, 0.2) is 24.3 Å². The molecule has 0 heterocycles. The average Bonchev–Trinajstić information content (AvgIpc) is 2.16. The van der Waals surface area contributed by atoms with Gasteiger partial charge in [0, 0.05) is 13.5 Å². The van der Waals surface area contributed by atoms with E-state index in [0.717, 1.165) is 6.42 Å². The highest BCUT2D eigenvalue weighted by Crippen LogP contribution is 2.22. The monoisotopic (exact) mass is 219 g/mol. The van der Waals surface area contributed by atoms with Gasteiger partial charge in [0.05, 0.1) is 0 Å². The van der Waals surface area contributed by atoms with Crippen molar-refractivity contribution in [1.82, 2.24) is 5.32 Å². The molecule has 2 heteroatoms. The van der Waals surface area contributed by atoms with Crippen LogP contribution in [0.2, 0.25) is 0 Å². The summed E-state index contributed by atoms with van der Waals surface area (Å²) in [6.45, 7) is 8.88. The predicted molar refractivity (Wildman–Crippen MR) is 67.5 cm³/mol. The van der Waals surface area contributed by atoms with Crippen LogP contribution in [-0.4, -0.2) is 12.5 Å². The molecule has 0 unspecified atom stereocenters. The van der Waals surface area contributed by atoms with Crippen molar-refractivity contribution in [1.29, 1.82) is 0 Å². The molecule has 1 N–H and O–H groups in total. The van der Waals surface area contributed by atoms with E-state index in [2.05, 4.69) is 50.4 Å². The number of hydrogen-bond donors (Lipinski definition) is 1. The summed E-state index contributed by atoms with van der Waals surface area (Å²) in [5.41, 5.74) is 2.81. The lowest BCUT2D eigenvalue weighted by Gasteiger charge is -2.19. The van der Waals surface area contributed by atoms with E-state index in [0.29, 0.717) is 6.54 Å². The Morgan fingerprint density at radius 1 is 1.19 bits per heavy atom. The van der Waals surface area contributed by atoms with Crippen LogP contribution in [0.3, 0.4) is 0 Å². The Hall–Kier alpha value is -1.31. The number of carbonyl (C=O) groups excluding carboxylic acids is 1. The second-order valence-electron chi connectivity index (χ2n) is 5.18. The summed E-state index contributed by atoms with van der Waals surface area (Å²) in [5, 5.41) is 2.80. The van der Waals surface area contributed by atoms with Crippen molar-refractivity contribution in [2.45, 2.75) is 39.5 Å². The van der Waals surface area contributed by atoms with Gasteiger partial charge in [-0.25, -0.2) is 0 Å². The van der Waals surface area contributed by atoms with Crippen LogP contribution in [-0.2, 0) is 16.6 Å². The molecule has 0 saturated heterocycles. The first-order chi connectivity index (χ1) is 7.39. The average molecular weight is 219 g/mol. The summed E-state index contributed by atoms with van der Waals surface area (Å²) < 4.78 is 0. The number of nitrogens with one attached hydrogen (secondary N) is 1. The van der Waals surface area contributed by atoms with Crippen LogP contribution < -0.4 is 5.32 Å². The summed E-state index contributed by atoms with van der Waals surface area (Å²) in [6, 6.07) is 8.62. The van der Waals surface area contributed by atoms with Gasteiger partial charge in [-0.2, -0.15) is 0 Å². The lowest BCUT2D eigenvalue weighted by Crippen LogP contribution is -2.22. The molecule has 0 bridgehead atoms. The van der Waals surface area contributed by atoms with Crippen LogP contribution in [0, 0.1) is 0 Å². The normalized spacial score (nSPS) is 11.2. The quantitative estimate of drug-likeness (QED) is 0.832. The maximum atomic E-state index is 10.7. The lowest BCUT2D eigenvalue weighted by molar-refractivity contribution is -0.118. The lowest BCUT2D eigenvalue weighted by atomic mass is 9.86. The van der Waals surface area contributed by atoms with Gasteiger partial charge in [-0.3, -0.25) is 4.79 Å². The van der Waals surface area contributed by atoms with E-state index in [9.17, 15) is 4.79 Å². The Morgan fingerprint density at radius 2 is 1.75 bits per heavy atom. The molecular formula is C14H21NO. The number of benzene rings is 1. The van der Waals surface area contributed by atoms with Crippen LogP contribution in [0.25, 0.3) is 0 Å². The van der Waals surface area contributed by atoms with E-state index in [4.69, 9.17) is 0 Å². The van der Waals surface area contributed by atoms with Gasteiger partial charge in [-0.05, 0) is 23.0 Å². The molecular weight excluding hydrogens is 198 g/mol. The van der Waals surface area contributed by atoms with Gasteiger partial charge >= 0.3 is 0 Å². The minimum Gasteiger partial charge on any atom is -0.356 e. The van der Waals surface area contributed by atoms with Crippen molar-refractivity contribution in [3.05, 3.63) is 35.4 Å². The number of hydrogen-bond acceptors (Lipinski definition) is 1. The highest BCUT2D eigenvalue weighted by molar-refractivity contribution is 5.72. The molecule has 1 amide bonds. The van der Waals surface area contributed by atoms with Gasteiger partial charge in [0.25, 0.3) is 0 Å². The Kier molecular flexibility index (Phi) is 4.11. The van der Waals surface area contributed by atoms with E-state index in [1.54, 1.807) is 6.92 Å². The topological polar surface area (TPSA) is 29.1 Å². The highest BCUT2D eigenvalue weighted by atomic mass is 16.1. The third-order valence-electron chi connectivity index (χ3n) is 2.61. The summed E-state index contributed by atoms with van der Waals surface area (Å²) in [4.78, 5) is 10.7. The van der Waals surface area contributed by atoms with Gasteiger partial charge < -0.3 is 5.32 Å². The zero-order valence-corrected chi connectivity index (χ0v) is 10.6. The molecule has 2 nitrogen and oxygen atoms in total. The molecule has 16 heavy (non-hydrogen) atoms. The van der Waals surface area contributed by atoms with Gasteiger partial charge in [0.15, 0.2) is 0 Å². The molecule has 0 aliphatic rings. The summed E-state index contributed by atoms with van der Waals surface area (Å²) in [6.07, 6.45) is 0.893. The molecule has 0 atom stereocenters. The van der Waals surface area contributed by atoms with Crippen LogP contribution in [0.1, 0.15) is 38.8 Å². The van der Waals surface area contributed by atoms with Crippen LogP contribution in [0.5, 0.6) is 0 Å². The molecule has 88 valence electrons. The number of carbonyl (C=O) groups is 1. The standard InChI is InChI=1S/C14H21NO/c1-11(16)15-10-9-12-5-7-13(8-6-12)14(2,3)4/h5-8H,9-10H2,1-4H3,(H,15,16). The Labute approximate surface area is 98.1 Å². The third kappa shape index (κ3) is 4.05. The zero-order valence-electron chi connectivity index (χ0n) is 10.6. The summed E-state index contributed by atoms with van der Waals surface area (Å²) >= 11 is 0. The SMILES string of the molecule is CC(=O)NCCc1ccc(C(C)(C)C)cc1.